The van der Waals surface area contributed by atoms with Crippen LogP contribution in [0.2, 0.25) is 0 Å². The second kappa shape index (κ2) is 12.2. The zero-order chi connectivity index (χ0) is 25.6. The van der Waals surface area contributed by atoms with Gasteiger partial charge in [0, 0.05) is 65.0 Å². The average molecular weight is 511 g/mol. The van der Waals surface area contributed by atoms with Crippen LogP contribution in [-0.2, 0) is 4.74 Å². The van der Waals surface area contributed by atoms with Gasteiger partial charge in [0.2, 0.25) is 0 Å². The van der Waals surface area contributed by atoms with Gasteiger partial charge in [0.05, 0.1) is 19.5 Å². The zero-order valence-electron chi connectivity index (χ0n) is 22.4. The van der Waals surface area contributed by atoms with Crippen LogP contribution >= 0.6 is 0 Å². The smallest absolute Gasteiger partial charge is 0.317 e. The molecule has 5 rings (SSSR count). The van der Waals surface area contributed by atoms with Crippen molar-refractivity contribution in [2.24, 2.45) is 5.92 Å². The third-order valence-electron chi connectivity index (χ3n) is 8.07. The Balaban J connectivity index is 1.13. The number of aromatic nitrogens is 1. The Bertz CT molecular complexity index is 991. The van der Waals surface area contributed by atoms with Crippen LogP contribution in [0.25, 0.3) is 11.3 Å². The van der Waals surface area contributed by atoms with Crippen LogP contribution in [0.15, 0.2) is 34.9 Å². The van der Waals surface area contributed by atoms with Crippen LogP contribution in [0.1, 0.15) is 32.1 Å². The predicted octanol–water partition coefficient (Wildman–Crippen LogP) is 3.52. The Hall–Kier alpha value is -2.78. The lowest BCUT2D eigenvalue weighted by Crippen LogP contribution is -2.47. The van der Waals surface area contributed by atoms with Crippen LogP contribution in [0, 0.1) is 5.92 Å². The Kier molecular flexibility index (Phi) is 8.51. The zero-order valence-corrected chi connectivity index (χ0v) is 22.4. The Morgan fingerprint density at radius 3 is 2.30 bits per heavy atom. The molecule has 2 aromatic rings. The van der Waals surface area contributed by atoms with Crippen molar-refractivity contribution in [3.8, 4) is 11.3 Å². The van der Waals surface area contributed by atoms with Gasteiger partial charge in [-0.1, -0.05) is 0 Å². The van der Waals surface area contributed by atoms with Gasteiger partial charge < -0.3 is 29.2 Å². The van der Waals surface area contributed by atoms with Crippen molar-refractivity contribution in [2.75, 3.05) is 82.9 Å². The third-order valence-corrected chi connectivity index (χ3v) is 8.07. The van der Waals surface area contributed by atoms with Gasteiger partial charge in [0.15, 0.2) is 0 Å². The number of nitrogens with one attached hydrogen (secondary N) is 1. The monoisotopic (exact) mass is 510 g/mol. The van der Waals surface area contributed by atoms with Crippen LogP contribution in [-0.4, -0.2) is 100.0 Å². The molecule has 2 saturated heterocycles. The number of anilines is 2. The molecule has 2 aliphatic heterocycles. The summed E-state index contributed by atoms with van der Waals surface area (Å²) < 4.78 is 11.3. The fraction of sp³-hybridized carbons (Fsp3) is 0.643. The molecule has 9 nitrogen and oxygen atoms in total. The maximum absolute atomic E-state index is 11.9. The first kappa shape index (κ1) is 25.9. The Morgan fingerprint density at radius 1 is 1.00 bits per heavy atom. The van der Waals surface area contributed by atoms with E-state index in [9.17, 15) is 4.79 Å². The number of urea groups is 1. The first-order valence-electron chi connectivity index (χ1n) is 13.9. The van der Waals surface area contributed by atoms with E-state index in [1.807, 2.05) is 12.1 Å². The molecule has 3 aliphatic rings. The lowest BCUT2D eigenvalue weighted by molar-refractivity contribution is 0.122. The number of amides is 2. The normalized spacial score (nSPS) is 23.2. The number of hydrogen-bond acceptors (Lipinski definition) is 7. The summed E-state index contributed by atoms with van der Waals surface area (Å²) in [6, 6.07) is 8.64. The number of carbonyl (C=O) groups excluding carboxylic acids is 1. The maximum Gasteiger partial charge on any atom is 0.317 e. The van der Waals surface area contributed by atoms with E-state index in [1.54, 1.807) is 25.3 Å². The number of furan rings is 1. The number of nitrogens with zero attached hydrogens (tertiary/aromatic N) is 5. The molecular weight excluding hydrogens is 468 g/mol. The van der Waals surface area contributed by atoms with Crippen molar-refractivity contribution in [1.29, 1.82) is 0 Å². The number of carbonyl (C=O) groups is 1. The maximum atomic E-state index is 11.9. The molecule has 202 valence electrons. The molecule has 3 fully saturated rings. The lowest BCUT2D eigenvalue weighted by Gasteiger charge is -2.37. The minimum atomic E-state index is 0.0302. The molecule has 1 aliphatic carbocycles. The second-order valence-electron chi connectivity index (χ2n) is 10.8. The van der Waals surface area contributed by atoms with Crippen LogP contribution in [0.5, 0.6) is 0 Å². The Labute approximate surface area is 220 Å². The topological polar surface area (TPSA) is 77.3 Å². The summed E-state index contributed by atoms with van der Waals surface area (Å²) in [7, 11) is 3.60. The summed E-state index contributed by atoms with van der Waals surface area (Å²) in [6.45, 7) is 8.48. The summed E-state index contributed by atoms with van der Waals surface area (Å²) in [5.74, 6) is 3.70. The highest BCUT2D eigenvalue weighted by Gasteiger charge is 2.25. The van der Waals surface area contributed by atoms with Gasteiger partial charge in [-0.15, -0.1) is 0 Å². The van der Waals surface area contributed by atoms with E-state index in [2.05, 4.69) is 32.1 Å². The minimum Gasteiger partial charge on any atom is -0.464 e. The van der Waals surface area contributed by atoms with Crippen molar-refractivity contribution in [1.82, 2.24) is 20.1 Å². The molecule has 0 unspecified atom stereocenters. The fourth-order valence-electron chi connectivity index (χ4n) is 5.67. The van der Waals surface area contributed by atoms with E-state index in [-0.39, 0.29) is 6.03 Å². The van der Waals surface area contributed by atoms with Crippen molar-refractivity contribution < 1.29 is 13.9 Å². The quantitative estimate of drug-likeness (QED) is 0.611. The summed E-state index contributed by atoms with van der Waals surface area (Å²) in [5.41, 5.74) is 1.08. The number of piperazine rings is 1. The molecule has 0 radical (unpaired) electrons. The van der Waals surface area contributed by atoms with Gasteiger partial charge in [-0.05, 0) is 68.8 Å². The van der Waals surface area contributed by atoms with Crippen LogP contribution in [0.4, 0.5) is 16.4 Å². The summed E-state index contributed by atoms with van der Waals surface area (Å²) >= 11 is 0. The molecule has 0 aromatic carbocycles. The largest absolute Gasteiger partial charge is 0.464 e. The molecule has 1 saturated carbocycles. The highest BCUT2D eigenvalue weighted by molar-refractivity contribution is 5.73. The van der Waals surface area contributed by atoms with Gasteiger partial charge in [-0.3, -0.25) is 4.90 Å². The first-order chi connectivity index (χ1) is 18.0. The number of morpholine rings is 1. The molecule has 0 bridgehead atoms. The van der Waals surface area contributed by atoms with Gasteiger partial charge in [0.25, 0.3) is 0 Å². The molecular formula is C28H42N6O3. The van der Waals surface area contributed by atoms with E-state index in [4.69, 9.17) is 14.1 Å². The summed E-state index contributed by atoms with van der Waals surface area (Å²) in [4.78, 5) is 26.0. The average Bonchev–Trinajstić information content (AvgIpc) is 3.48. The van der Waals surface area contributed by atoms with Crippen molar-refractivity contribution in [2.45, 2.75) is 38.1 Å². The molecule has 37 heavy (non-hydrogen) atoms. The first-order valence-corrected chi connectivity index (χ1v) is 13.9. The number of rotatable bonds is 7. The number of pyridine rings is 1. The molecule has 2 amide bonds. The molecule has 0 atom stereocenters. The van der Waals surface area contributed by atoms with E-state index in [0.717, 1.165) is 101 Å². The lowest BCUT2D eigenvalue weighted by atomic mass is 9.84. The summed E-state index contributed by atoms with van der Waals surface area (Å²) in [6.07, 6.45) is 7.61. The SMILES string of the molecule is CN(C)C(=O)N[C@H]1CC[C@H](CCN2CCN(c3cc(-c4ccco4)cc(N4CCOCC4)n3)CC2)CC1. The number of ether oxygens (including phenoxy) is 1. The van der Waals surface area contributed by atoms with Crippen LogP contribution < -0.4 is 15.1 Å². The second-order valence-corrected chi connectivity index (χ2v) is 10.8. The highest BCUT2D eigenvalue weighted by Crippen LogP contribution is 2.30. The van der Waals surface area contributed by atoms with E-state index < -0.39 is 0 Å². The van der Waals surface area contributed by atoms with Gasteiger partial charge >= 0.3 is 6.03 Å². The van der Waals surface area contributed by atoms with Crippen molar-refractivity contribution in [3.63, 3.8) is 0 Å². The van der Waals surface area contributed by atoms with E-state index in [0.29, 0.717) is 6.04 Å². The third kappa shape index (κ3) is 6.76. The van der Waals surface area contributed by atoms with Gasteiger partial charge in [-0.25, -0.2) is 9.78 Å². The van der Waals surface area contributed by atoms with Gasteiger partial charge in [0.1, 0.15) is 17.4 Å². The molecule has 2 aromatic heterocycles. The van der Waals surface area contributed by atoms with E-state index >= 15 is 0 Å². The molecule has 0 spiro atoms. The predicted molar refractivity (Wildman–Crippen MR) is 146 cm³/mol. The Morgan fingerprint density at radius 2 is 1.68 bits per heavy atom. The van der Waals surface area contributed by atoms with Gasteiger partial charge in [-0.2, -0.15) is 0 Å². The van der Waals surface area contributed by atoms with Crippen molar-refractivity contribution >= 4 is 17.7 Å². The number of hydrogen-bond donors (Lipinski definition) is 1. The molecule has 4 heterocycles. The summed E-state index contributed by atoms with van der Waals surface area (Å²) in [5, 5.41) is 3.15. The van der Waals surface area contributed by atoms with E-state index in [1.165, 1.54) is 19.3 Å². The molecule has 9 heteroatoms. The van der Waals surface area contributed by atoms with Crippen molar-refractivity contribution in [3.05, 3.63) is 30.5 Å². The minimum absolute atomic E-state index is 0.0302. The highest BCUT2D eigenvalue weighted by atomic mass is 16.5. The van der Waals surface area contributed by atoms with Crippen LogP contribution in [0.3, 0.4) is 0 Å². The standard InChI is InChI=1S/C28H42N6O3/c1-31(2)28(35)29-24-7-5-22(6-8-24)9-10-32-11-13-33(14-12-32)26-20-23(25-4-3-17-37-25)21-27(30-26)34-15-18-36-19-16-34/h3-4,17,20-22,24H,5-16,18-19H2,1-2H3,(H,29,35)/t22-,24-. The fourth-order valence-corrected chi connectivity index (χ4v) is 5.67. The molecule has 1 N–H and O–H groups in total.